The van der Waals surface area contributed by atoms with Gasteiger partial charge in [-0.15, -0.1) is 11.3 Å². The van der Waals surface area contributed by atoms with Gasteiger partial charge >= 0.3 is 11.7 Å². The molecule has 0 aliphatic carbocycles. The predicted octanol–water partition coefficient (Wildman–Crippen LogP) is 1.01. The first-order valence-corrected chi connectivity index (χ1v) is 8.92. The third-order valence-electron chi connectivity index (χ3n) is 4.14. The zero-order valence-electron chi connectivity index (χ0n) is 14.6. The standard InChI is InChI=1S/C18H17N3O5S/c1-10(17(24)25)19-14(22)13-8-12-15(23)21(9-11-6-4-3-5-7-11)18(26)20(2)16(12)27-13/h3-8,10H,9H2,1-2H3,(H,19,22)(H,24,25)/t10-/m0/s1. The van der Waals surface area contributed by atoms with E-state index in [1.54, 1.807) is 0 Å². The van der Waals surface area contributed by atoms with Crippen molar-refractivity contribution in [2.45, 2.75) is 19.5 Å². The van der Waals surface area contributed by atoms with Crippen LogP contribution in [0, 0.1) is 0 Å². The van der Waals surface area contributed by atoms with Crippen LogP contribution in [0.1, 0.15) is 22.2 Å². The van der Waals surface area contributed by atoms with Crippen LogP contribution in [0.25, 0.3) is 10.2 Å². The fourth-order valence-electron chi connectivity index (χ4n) is 2.63. The summed E-state index contributed by atoms with van der Waals surface area (Å²) in [5, 5.41) is 11.5. The molecule has 9 heteroatoms. The normalized spacial score (nSPS) is 12.1. The topological polar surface area (TPSA) is 110 Å². The molecule has 0 fully saturated rings. The van der Waals surface area contributed by atoms with Crippen LogP contribution in [0.15, 0.2) is 46.0 Å². The van der Waals surface area contributed by atoms with Crippen molar-refractivity contribution in [3.05, 3.63) is 67.7 Å². The van der Waals surface area contributed by atoms with E-state index in [4.69, 9.17) is 5.11 Å². The van der Waals surface area contributed by atoms with E-state index in [-0.39, 0.29) is 16.8 Å². The Labute approximate surface area is 157 Å². The monoisotopic (exact) mass is 387 g/mol. The van der Waals surface area contributed by atoms with Gasteiger partial charge in [-0.3, -0.25) is 23.5 Å². The molecule has 140 valence electrons. The molecule has 1 amide bonds. The molecule has 0 aliphatic heterocycles. The number of nitrogens with zero attached hydrogens (tertiary/aromatic N) is 2. The van der Waals surface area contributed by atoms with Crippen molar-refractivity contribution >= 4 is 33.4 Å². The Morgan fingerprint density at radius 2 is 1.89 bits per heavy atom. The number of rotatable bonds is 5. The molecule has 1 aromatic carbocycles. The molecule has 8 nitrogen and oxygen atoms in total. The van der Waals surface area contributed by atoms with E-state index in [1.807, 2.05) is 30.3 Å². The SMILES string of the molecule is C[C@H](NC(=O)c1cc2c(=O)n(Cc3ccccc3)c(=O)n(C)c2s1)C(=O)O. The van der Waals surface area contributed by atoms with E-state index in [0.29, 0.717) is 4.83 Å². The number of hydrogen-bond acceptors (Lipinski definition) is 5. The quantitative estimate of drug-likeness (QED) is 0.679. The number of aryl methyl sites for hydroxylation is 1. The molecule has 0 saturated carbocycles. The van der Waals surface area contributed by atoms with Crippen LogP contribution in [-0.2, 0) is 18.4 Å². The van der Waals surface area contributed by atoms with Gasteiger partial charge in [-0.25, -0.2) is 4.79 Å². The molecular weight excluding hydrogens is 370 g/mol. The third-order valence-corrected chi connectivity index (χ3v) is 5.35. The van der Waals surface area contributed by atoms with Crippen molar-refractivity contribution in [1.29, 1.82) is 0 Å². The molecule has 0 unspecified atom stereocenters. The van der Waals surface area contributed by atoms with Gasteiger partial charge in [0.05, 0.1) is 16.8 Å². The van der Waals surface area contributed by atoms with Gasteiger partial charge in [0.15, 0.2) is 0 Å². The number of carboxylic acid groups (broad SMARTS) is 1. The number of nitrogens with one attached hydrogen (secondary N) is 1. The van der Waals surface area contributed by atoms with Crippen LogP contribution in [0.4, 0.5) is 0 Å². The number of aliphatic carboxylic acids is 1. The lowest BCUT2D eigenvalue weighted by atomic mass is 10.2. The summed E-state index contributed by atoms with van der Waals surface area (Å²) in [4.78, 5) is 49.1. The first kappa shape index (κ1) is 18.6. The minimum absolute atomic E-state index is 0.121. The molecule has 1 atom stereocenters. The average molecular weight is 387 g/mol. The molecule has 0 spiro atoms. The lowest BCUT2D eigenvalue weighted by molar-refractivity contribution is -0.138. The number of carbonyl (C=O) groups is 2. The molecular formula is C18H17N3O5S. The van der Waals surface area contributed by atoms with Crippen molar-refractivity contribution in [3.8, 4) is 0 Å². The maximum Gasteiger partial charge on any atom is 0.332 e. The van der Waals surface area contributed by atoms with E-state index in [1.165, 1.54) is 24.6 Å². The minimum atomic E-state index is -1.16. The van der Waals surface area contributed by atoms with Crippen molar-refractivity contribution in [2.24, 2.45) is 7.05 Å². The molecule has 0 aliphatic rings. The smallest absolute Gasteiger partial charge is 0.332 e. The summed E-state index contributed by atoms with van der Waals surface area (Å²) in [6.45, 7) is 1.46. The lowest BCUT2D eigenvalue weighted by Gasteiger charge is -2.08. The van der Waals surface area contributed by atoms with Gasteiger partial charge in [0, 0.05) is 7.05 Å². The molecule has 0 saturated heterocycles. The van der Waals surface area contributed by atoms with E-state index >= 15 is 0 Å². The van der Waals surface area contributed by atoms with Crippen LogP contribution < -0.4 is 16.6 Å². The first-order chi connectivity index (χ1) is 12.8. The Balaban J connectivity index is 2.06. The number of amides is 1. The van der Waals surface area contributed by atoms with Gasteiger partial charge < -0.3 is 10.4 Å². The molecule has 2 aromatic heterocycles. The molecule has 3 rings (SSSR count). The van der Waals surface area contributed by atoms with Crippen LogP contribution in [0.2, 0.25) is 0 Å². The van der Waals surface area contributed by atoms with E-state index in [0.717, 1.165) is 21.5 Å². The Morgan fingerprint density at radius 3 is 2.52 bits per heavy atom. The van der Waals surface area contributed by atoms with Gasteiger partial charge in [0.1, 0.15) is 10.9 Å². The van der Waals surface area contributed by atoms with Crippen LogP contribution >= 0.6 is 11.3 Å². The summed E-state index contributed by atoms with van der Waals surface area (Å²) >= 11 is 0.974. The summed E-state index contributed by atoms with van der Waals surface area (Å²) < 4.78 is 2.44. The van der Waals surface area contributed by atoms with E-state index in [9.17, 15) is 19.2 Å². The highest BCUT2D eigenvalue weighted by atomic mass is 32.1. The third kappa shape index (κ3) is 3.54. The Bertz CT molecular complexity index is 1140. The maximum atomic E-state index is 12.8. The summed E-state index contributed by atoms with van der Waals surface area (Å²) in [5.74, 6) is -1.77. The maximum absolute atomic E-state index is 12.8. The van der Waals surface area contributed by atoms with Crippen LogP contribution in [0.5, 0.6) is 0 Å². The number of fused-ring (bicyclic) bond motifs is 1. The fraction of sp³-hybridized carbons (Fsp3) is 0.222. The number of hydrogen-bond donors (Lipinski definition) is 2. The van der Waals surface area contributed by atoms with Gasteiger partial charge in [-0.2, -0.15) is 0 Å². The molecule has 3 aromatic rings. The summed E-state index contributed by atoms with van der Waals surface area (Å²) in [5.41, 5.74) is -0.165. The zero-order valence-corrected chi connectivity index (χ0v) is 15.4. The lowest BCUT2D eigenvalue weighted by Crippen LogP contribution is -2.38. The second-order valence-corrected chi connectivity index (χ2v) is 7.11. The minimum Gasteiger partial charge on any atom is -0.480 e. The van der Waals surface area contributed by atoms with Gasteiger partial charge in [0.2, 0.25) is 0 Å². The van der Waals surface area contributed by atoms with Gasteiger partial charge in [-0.1, -0.05) is 30.3 Å². The van der Waals surface area contributed by atoms with Crippen LogP contribution in [0.3, 0.4) is 0 Å². The van der Waals surface area contributed by atoms with Crippen molar-refractivity contribution in [3.63, 3.8) is 0 Å². The number of thiophene rings is 1. The van der Waals surface area contributed by atoms with Gasteiger partial charge in [0.25, 0.3) is 11.5 Å². The Kier molecular flexibility index (Phi) is 4.95. The largest absolute Gasteiger partial charge is 0.480 e. The second kappa shape index (κ2) is 7.20. The van der Waals surface area contributed by atoms with Crippen LogP contribution in [-0.4, -0.2) is 32.2 Å². The summed E-state index contributed by atoms with van der Waals surface area (Å²) in [7, 11) is 1.53. The number of carbonyl (C=O) groups excluding carboxylic acids is 1. The fourth-order valence-corrected chi connectivity index (χ4v) is 3.64. The van der Waals surface area contributed by atoms with E-state index < -0.39 is 29.2 Å². The Morgan fingerprint density at radius 1 is 1.22 bits per heavy atom. The predicted molar refractivity (Wildman–Crippen MR) is 101 cm³/mol. The average Bonchev–Trinajstić information content (AvgIpc) is 3.10. The molecule has 2 N–H and O–H groups in total. The number of aromatic nitrogens is 2. The highest BCUT2D eigenvalue weighted by molar-refractivity contribution is 7.20. The van der Waals surface area contributed by atoms with Crippen molar-refractivity contribution < 1.29 is 14.7 Å². The second-order valence-electron chi connectivity index (χ2n) is 6.08. The molecule has 0 radical (unpaired) electrons. The van der Waals surface area contributed by atoms with E-state index in [2.05, 4.69) is 5.32 Å². The highest BCUT2D eigenvalue weighted by Crippen LogP contribution is 2.21. The highest BCUT2D eigenvalue weighted by Gasteiger charge is 2.20. The molecule has 2 heterocycles. The zero-order chi connectivity index (χ0) is 19.7. The Hall–Kier alpha value is -3.20. The summed E-state index contributed by atoms with van der Waals surface area (Å²) in [6.07, 6.45) is 0. The molecule has 27 heavy (non-hydrogen) atoms. The van der Waals surface area contributed by atoms with Gasteiger partial charge in [-0.05, 0) is 18.6 Å². The summed E-state index contributed by atoms with van der Waals surface area (Å²) in [6, 6.07) is 9.44. The number of benzene rings is 1. The molecule has 0 bridgehead atoms. The first-order valence-electron chi connectivity index (χ1n) is 8.10. The van der Waals surface area contributed by atoms with Crippen molar-refractivity contribution in [2.75, 3.05) is 0 Å². The van der Waals surface area contributed by atoms with Crippen molar-refractivity contribution in [1.82, 2.24) is 14.5 Å². The number of carboxylic acids is 1.